The molecule has 1 fully saturated rings. The Hall–Kier alpha value is -1.56. The molecule has 1 aliphatic carbocycles. The topological polar surface area (TPSA) is 0 Å². The molecule has 0 amide bonds. The van der Waals surface area contributed by atoms with Gasteiger partial charge in [0.05, 0.1) is 0 Å². The van der Waals surface area contributed by atoms with Gasteiger partial charge in [0.2, 0.25) is 0 Å². The Morgan fingerprint density at radius 1 is 1.16 bits per heavy atom. The van der Waals surface area contributed by atoms with Crippen LogP contribution in [-0.4, -0.2) is 0 Å². The molecular formula is C19H24. The molecule has 0 bridgehead atoms. The SMILES string of the molecule is C=C/C=C(\C=C)C1(c2cc(C)ccc2C)CCCC1. The summed E-state index contributed by atoms with van der Waals surface area (Å²) in [7, 11) is 0. The minimum absolute atomic E-state index is 0.159. The van der Waals surface area contributed by atoms with E-state index in [4.69, 9.17) is 0 Å². The number of hydrogen-bond acceptors (Lipinski definition) is 0. The van der Waals surface area contributed by atoms with Crippen LogP contribution in [0.2, 0.25) is 0 Å². The maximum atomic E-state index is 4.03. The molecule has 0 spiro atoms. The summed E-state index contributed by atoms with van der Waals surface area (Å²) < 4.78 is 0. The predicted octanol–water partition coefficient (Wildman–Crippen LogP) is 5.41. The van der Waals surface area contributed by atoms with E-state index in [2.05, 4.69) is 51.3 Å². The van der Waals surface area contributed by atoms with Gasteiger partial charge in [0.15, 0.2) is 0 Å². The van der Waals surface area contributed by atoms with Gasteiger partial charge < -0.3 is 0 Å². The van der Waals surface area contributed by atoms with Gasteiger partial charge in [-0.2, -0.15) is 0 Å². The van der Waals surface area contributed by atoms with Crippen molar-refractivity contribution in [2.45, 2.75) is 44.9 Å². The Morgan fingerprint density at radius 2 is 1.84 bits per heavy atom. The van der Waals surface area contributed by atoms with E-state index < -0.39 is 0 Å². The molecular weight excluding hydrogens is 228 g/mol. The Morgan fingerprint density at radius 3 is 2.42 bits per heavy atom. The molecule has 1 saturated carbocycles. The molecule has 0 saturated heterocycles. The summed E-state index contributed by atoms with van der Waals surface area (Å²) in [4.78, 5) is 0. The Kier molecular flexibility index (Phi) is 4.09. The highest BCUT2D eigenvalue weighted by Gasteiger charge is 2.38. The van der Waals surface area contributed by atoms with Gasteiger partial charge in [-0.15, -0.1) is 0 Å². The molecule has 1 aromatic carbocycles. The van der Waals surface area contributed by atoms with Crippen molar-refractivity contribution < 1.29 is 0 Å². The fourth-order valence-corrected chi connectivity index (χ4v) is 3.49. The molecule has 0 N–H and O–H groups in total. The second-order valence-corrected chi connectivity index (χ2v) is 5.67. The molecule has 2 rings (SSSR count). The van der Waals surface area contributed by atoms with Crippen molar-refractivity contribution >= 4 is 0 Å². The largest absolute Gasteiger partial charge is 0.0991 e. The van der Waals surface area contributed by atoms with Crippen LogP contribution in [0.15, 0.2) is 55.2 Å². The lowest BCUT2D eigenvalue weighted by Crippen LogP contribution is -2.25. The van der Waals surface area contributed by atoms with E-state index in [1.54, 1.807) is 0 Å². The highest BCUT2D eigenvalue weighted by Crippen LogP contribution is 2.48. The number of rotatable bonds is 4. The second kappa shape index (κ2) is 5.61. The number of benzene rings is 1. The molecule has 0 nitrogen and oxygen atoms in total. The first-order chi connectivity index (χ1) is 9.14. The van der Waals surface area contributed by atoms with Crippen LogP contribution in [0.25, 0.3) is 0 Å². The zero-order chi connectivity index (χ0) is 13.9. The van der Waals surface area contributed by atoms with E-state index in [9.17, 15) is 0 Å². The molecule has 0 aliphatic heterocycles. The lowest BCUT2D eigenvalue weighted by molar-refractivity contribution is 0.530. The third-order valence-electron chi connectivity index (χ3n) is 4.44. The van der Waals surface area contributed by atoms with Gasteiger partial charge in [0.25, 0.3) is 0 Å². The number of hydrogen-bond donors (Lipinski definition) is 0. The Balaban J connectivity index is 2.62. The molecule has 1 aromatic rings. The fraction of sp³-hybridized carbons (Fsp3) is 0.368. The first-order valence-corrected chi connectivity index (χ1v) is 7.17. The zero-order valence-electron chi connectivity index (χ0n) is 12.2. The first kappa shape index (κ1) is 13.9. The van der Waals surface area contributed by atoms with Crippen LogP contribution in [0.1, 0.15) is 42.4 Å². The molecule has 19 heavy (non-hydrogen) atoms. The van der Waals surface area contributed by atoms with Crippen molar-refractivity contribution in [3.05, 3.63) is 71.8 Å². The van der Waals surface area contributed by atoms with Gasteiger partial charge in [0.1, 0.15) is 0 Å². The highest BCUT2D eigenvalue weighted by molar-refractivity contribution is 5.48. The molecule has 0 aromatic heterocycles. The molecule has 0 heteroatoms. The minimum atomic E-state index is 0.159. The maximum absolute atomic E-state index is 4.03. The van der Waals surface area contributed by atoms with Crippen molar-refractivity contribution in [1.29, 1.82) is 0 Å². The van der Waals surface area contributed by atoms with Crippen molar-refractivity contribution in [2.24, 2.45) is 0 Å². The van der Waals surface area contributed by atoms with Crippen molar-refractivity contribution in [3.8, 4) is 0 Å². The maximum Gasteiger partial charge on any atom is 0.0205 e. The van der Waals surface area contributed by atoms with E-state index in [0.717, 1.165) is 0 Å². The van der Waals surface area contributed by atoms with Crippen molar-refractivity contribution in [2.75, 3.05) is 0 Å². The average molecular weight is 252 g/mol. The van der Waals surface area contributed by atoms with E-state index >= 15 is 0 Å². The average Bonchev–Trinajstić information content (AvgIpc) is 2.89. The van der Waals surface area contributed by atoms with Gasteiger partial charge in [-0.05, 0) is 43.4 Å². The van der Waals surface area contributed by atoms with E-state index in [0.29, 0.717) is 0 Å². The molecule has 0 unspecified atom stereocenters. The van der Waals surface area contributed by atoms with E-state index in [-0.39, 0.29) is 5.41 Å². The summed E-state index contributed by atoms with van der Waals surface area (Å²) >= 11 is 0. The standard InChI is InChI=1S/C19H24/c1-5-9-17(6-2)19(12-7-8-13-19)18-14-15(3)10-11-16(18)4/h5-6,9-11,14H,1-2,7-8,12-13H2,3-4H3/b17-9+. The van der Waals surface area contributed by atoms with Crippen LogP contribution in [0.5, 0.6) is 0 Å². The van der Waals surface area contributed by atoms with Gasteiger partial charge >= 0.3 is 0 Å². The molecule has 0 radical (unpaired) electrons. The number of aryl methyl sites for hydroxylation is 2. The minimum Gasteiger partial charge on any atom is -0.0991 e. The summed E-state index contributed by atoms with van der Waals surface area (Å²) in [5.41, 5.74) is 5.70. The molecule has 0 atom stereocenters. The van der Waals surface area contributed by atoms with Crippen LogP contribution in [0.4, 0.5) is 0 Å². The zero-order valence-corrected chi connectivity index (χ0v) is 12.2. The third-order valence-corrected chi connectivity index (χ3v) is 4.44. The van der Waals surface area contributed by atoms with Gasteiger partial charge in [-0.3, -0.25) is 0 Å². The predicted molar refractivity (Wildman–Crippen MR) is 84.5 cm³/mol. The van der Waals surface area contributed by atoms with Crippen LogP contribution >= 0.6 is 0 Å². The Labute approximate surface area is 117 Å². The molecule has 0 heterocycles. The van der Waals surface area contributed by atoms with E-state index in [1.807, 2.05) is 12.2 Å². The second-order valence-electron chi connectivity index (χ2n) is 5.67. The Bertz CT molecular complexity index is 511. The molecule has 1 aliphatic rings. The van der Waals surface area contributed by atoms with Gasteiger partial charge in [0, 0.05) is 5.41 Å². The fourth-order valence-electron chi connectivity index (χ4n) is 3.49. The lowest BCUT2D eigenvalue weighted by atomic mass is 9.70. The third kappa shape index (κ3) is 2.45. The van der Waals surface area contributed by atoms with Crippen LogP contribution < -0.4 is 0 Å². The van der Waals surface area contributed by atoms with Crippen LogP contribution in [0.3, 0.4) is 0 Å². The quantitative estimate of drug-likeness (QED) is 0.628. The summed E-state index contributed by atoms with van der Waals surface area (Å²) in [6, 6.07) is 6.81. The van der Waals surface area contributed by atoms with Crippen LogP contribution in [-0.2, 0) is 5.41 Å². The number of allylic oxidation sites excluding steroid dienone is 4. The van der Waals surface area contributed by atoms with Crippen molar-refractivity contribution in [1.82, 2.24) is 0 Å². The highest BCUT2D eigenvalue weighted by atomic mass is 14.4. The summed E-state index contributed by atoms with van der Waals surface area (Å²) in [6.07, 6.45) is 11.1. The summed E-state index contributed by atoms with van der Waals surface area (Å²) in [6.45, 7) is 12.3. The van der Waals surface area contributed by atoms with Crippen molar-refractivity contribution in [3.63, 3.8) is 0 Å². The lowest BCUT2D eigenvalue weighted by Gasteiger charge is -2.33. The first-order valence-electron chi connectivity index (χ1n) is 7.17. The summed E-state index contributed by atoms with van der Waals surface area (Å²) in [5, 5.41) is 0. The van der Waals surface area contributed by atoms with E-state index in [1.165, 1.54) is 47.9 Å². The summed E-state index contributed by atoms with van der Waals surface area (Å²) in [5.74, 6) is 0. The van der Waals surface area contributed by atoms with Gasteiger partial charge in [-0.1, -0.05) is 68.0 Å². The normalized spacial score (nSPS) is 18.3. The van der Waals surface area contributed by atoms with Crippen LogP contribution in [0, 0.1) is 13.8 Å². The molecule has 100 valence electrons. The monoisotopic (exact) mass is 252 g/mol. The van der Waals surface area contributed by atoms with Gasteiger partial charge in [-0.25, -0.2) is 0 Å². The smallest absolute Gasteiger partial charge is 0.0205 e.